The topological polar surface area (TPSA) is 72.6 Å². The fraction of sp³-hybridized carbons (Fsp3) is 0.500. The van der Waals surface area contributed by atoms with Gasteiger partial charge in [-0.3, -0.25) is 4.79 Å². The molecule has 1 aliphatic rings. The van der Waals surface area contributed by atoms with Crippen molar-refractivity contribution < 1.29 is 14.3 Å². The van der Waals surface area contributed by atoms with E-state index in [2.05, 4.69) is 9.64 Å². The second-order valence-electron chi connectivity index (χ2n) is 6.05. The zero-order valence-corrected chi connectivity index (χ0v) is 14.0. The number of carbonyl (C=O) groups excluding carboxylic acids is 2. The van der Waals surface area contributed by atoms with Crippen LogP contribution in [0.1, 0.15) is 44.0 Å². The van der Waals surface area contributed by atoms with Gasteiger partial charge in [0.2, 0.25) is 0 Å². The van der Waals surface area contributed by atoms with Crippen LogP contribution in [0.15, 0.2) is 18.2 Å². The summed E-state index contributed by atoms with van der Waals surface area (Å²) in [6.45, 7) is 7.34. The molecule has 2 N–H and O–H groups in total. The quantitative estimate of drug-likeness (QED) is 0.842. The molecule has 0 unspecified atom stereocenters. The van der Waals surface area contributed by atoms with Crippen molar-refractivity contribution in [2.75, 3.05) is 18.0 Å². The Hall–Kier alpha value is -1.75. The second-order valence-corrected chi connectivity index (χ2v) is 6.49. The van der Waals surface area contributed by atoms with Crippen molar-refractivity contribution in [1.82, 2.24) is 0 Å². The van der Waals surface area contributed by atoms with Gasteiger partial charge in [-0.2, -0.15) is 0 Å². The number of carbonyl (C=O) groups is 2. The lowest BCUT2D eigenvalue weighted by atomic mass is 10.2. The van der Waals surface area contributed by atoms with E-state index in [0.717, 1.165) is 30.6 Å². The Morgan fingerprint density at radius 2 is 1.91 bits per heavy atom. The SMILES string of the molecule is CC(C)(C)OC(N)=O.O=Cc1ccc(Cl)cc1N1CCCC1. The largest absolute Gasteiger partial charge is 0.444 e. The minimum Gasteiger partial charge on any atom is -0.444 e. The van der Waals surface area contributed by atoms with Crippen molar-refractivity contribution in [3.63, 3.8) is 0 Å². The van der Waals surface area contributed by atoms with Crippen LogP contribution in [0, 0.1) is 0 Å². The van der Waals surface area contributed by atoms with Gasteiger partial charge in [-0.25, -0.2) is 4.79 Å². The third-order valence-corrected chi connectivity index (χ3v) is 3.21. The maximum atomic E-state index is 10.8. The number of nitrogens with two attached hydrogens (primary N) is 1. The van der Waals surface area contributed by atoms with E-state index >= 15 is 0 Å². The first-order valence-electron chi connectivity index (χ1n) is 7.21. The lowest BCUT2D eigenvalue weighted by Gasteiger charge is -2.19. The van der Waals surface area contributed by atoms with E-state index in [-0.39, 0.29) is 0 Å². The van der Waals surface area contributed by atoms with E-state index in [1.165, 1.54) is 12.8 Å². The molecule has 0 saturated carbocycles. The number of hydrogen-bond acceptors (Lipinski definition) is 4. The molecule has 1 aromatic rings. The van der Waals surface area contributed by atoms with Gasteiger partial charge in [0.1, 0.15) is 5.60 Å². The minimum absolute atomic E-state index is 0.453. The van der Waals surface area contributed by atoms with Crippen molar-refractivity contribution in [3.05, 3.63) is 28.8 Å². The first kappa shape index (κ1) is 18.3. The van der Waals surface area contributed by atoms with E-state index in [4.69, 9.17) is 17.3 Å². The monoisotopic (exact) mass is 326 g/mol. The lowest BCUT2D eigenvalue weighted by Crippen LogP contribution is -2.27. The number of aldehydes is 1. The van der Waals surface area contributed by atoms with Gasteiger partial charge in [0.25, 0.3) is 0 Å². The highest BCUT2D eigenvalue weighted by Gasteiger charge is 2.15. The number of hydrogen-bond donors (Lipinski definition) is 1. The molecule has 0 spiro atoms. The molecule has 1 heterocycles. The molecule has 1 fully saturated rings. The molecule has 0 radical (unpaired) electrons. The van der Waals surface area contributed by atoms with Gasteiger partial charge in [-0.05, 0) is 51.8 Å². The van der Waals surface area contributed by atoms with E-state index in [1.54, 1.807) is 32.9 Å². The minimum atomic E-state index is -0.725. The zero-order valence-electron chi connectivity index (χ0n) is 13.3. The summed E-state index contributed by atoms with van der Waals surface area (Å²) in [7, 11) is 0. The molecule has 2 rings (SSSR count). The summed E-state index contributed by atoms with van der Waals surface area (Å²) in [4.78, 5) is 23.1. The Labute approximate surface area is 136 Å². The highest BCUT2D eigenvalue weighted by molar-refractivity contribution is 6.31. The number of amides is 1. The molecule has 0 aromatic heterocycles. The van der Waals surface area contributed by atoms with Crippen LogP contribution in [0.25, 0.3) is 0 Å². The van der Waals surface area contributed by atoms with Gasteiger partial charge in [0.15, 0.2) is 6.29 Å². The third-order valence-electron chi connectivity index (χ3n) is 2.97. The Bertz CT molecular complexity index is 521. The van der Waals surface area contributed by atoms with Crippen LogP contribution in [0.5, 0.6) is 0 Å². The van der Waals surface area contributed by atoms with Crippen LogP contribution < -0.4 is 10.6 Å². The number of primary amides is 1. The smallest absolute Gasteiger partial charge is 0.405 e. The van der Waals surface area contributed by atoms with Crippen LogP contribution >= 0.6 is 11.6 Å². The predicted octanol–water partition coefficient (Wildman–Crippen LogP) is 3.63. The molecule has 0 bridgehead atoms. The Morgan fingerprint density at radius 1 is 1.32 bits per heavy atom. The van der Waals surface area contributed by atoms with Crippen LogP contribution in [0.4, 0.5) is 10.5 Å². The van der Waals surface area contributed by atoms with E-state index in [1.807, 2.05) is 6.07 Å². The van der Waals surface area contributed by atoms with Gasteiger partial charge in [0, 0.05) is 29.4 Å². The van der Waals surface area contributed by atoms with Crippen LogP contribution in [-0.4, -0.2) is 31.1 Å². The maximum absolute atomic E-state index is 10.8. The van der Waals surface area contributed by atoms with Crippen LogP contribution in [0.2, 0.25) is 5.02 Å². The van der Waals surface area contributed by atoms with E-state index < -0.39 is 11.7 Å². The van der Waals surface area contributed by atoms with Gasteiger partial charge >= 0.3 is 6.09 Å². The fourth-order valence-corrected chi connectivity index (χ4v) is 2.32. The predicted molar refractivity (Wildman–Crippen MR) is 88.7 cm³/mol. The van der Waals surface area contributed by atoms with E-state index in [0.29, 0.717) is 5.02 Å². The van der Waals surface area contributed by atoms with E-state index in [9.17, 15) is 9.59 Å². The lowest BCUT2D eigenvalue weighted by molar-refractivity contribution is 0.0600. The Kier molecular flexibility index (Phi) is 6.68. The Morgan fingerprint density at radius 3 is 2.32 bits per heavy atom. The van der Waals surface area contributed by atoms with Gasteiger partial charge in [0.05, 0.1) is 0 Å². The van der Waals surface area contributed by atoms with Crippen molar-refractivity contribution in [3.8, 4) is 0 Å². The third kappa shape index (κ3) is 6.35. The van der Waals surface area contributed by atoms with Crippen LogP contribution in [0.3, 0.4) is 0 Å². The first-order valence-corrected chi connectivity index (χ1v) is 7.59. The molecule has 5 nitrogen and oxygen atoms in total. The number of halogens is 1. The summed E-state index contributed by atoms with van der Waals surface area (Å²) < 4.78 is 4.58. The highest BCUT2D eigenvalue weighted by atomic mass is 35.5. The van der Waals surface area contributed by atoms with Gasteiger partial charge < -0.3 is 15.4 Å². The molecule has 1 aromatic carbocycles. The fourth-order valence-electron chi connectivity index (χ4n) is 2.15. The average molecular weight is 327 g/mol. The second kappa shape index (κ2) is 8.03. The normalized spacial score (nSPS) is 14.1. The van der Waals surface area contributed by atoms with Crippen molar-refractivity contribution in [2.45, 2.75) is 39.2 Å². The average Bonchev–Trinajstić information content (AvgIpc) is 2.90. The summed E-state index contributed by atoms with van der Waals surface area (Å²) >= 11 is 5.91. The van der Waals surface area contributed by atoms with Crippen molar-refractivity contribution >= 4 is 29.7 Å². The van der Waals surface area contributed by atoms with Crippen molar-refractivity contribution in [2.24, 2.45) is 5.73 Å². The molecule has 1 saturated heterocycles. The summed E-state index contributed by atoms with van der Waals surface area (Å²) in [6, 6.07) is 5.41. The molecule has 6 heteroatoms. The van der Waals surface area contributed by atoms with Gasteiger partial charge in [-0.15, -0.1) is 0 Å². The summed E-state index contributed by atoms with van der Waals surface area (Å²) in [5.41, 5.74) is 5.97. The molecule has 1 amide bonds. The molecule has 22 heavy (non-hydrogen) atoms. The molecule has 0 aliphatic carbocycles. The first-order chi connectivity index (χ1) is 10.2. The number of rotatable bonds is 2. The van der Waals surface area contributed by atoms with Crippen molar-refractivity contribution in [1.29, 1.82) is 0 Å². The Balaban J connectivity index is 0.000000261. The highest BCUT2D eigenvalue weighted by Crippen LogP contribution is 2.26. The molecular formula is C16H23ClN2O3. The van der Waals surface area contributed by atoms with Crippen LogP contribution in [-0.2, 0) is 4.74 Å². The number of ether oxygens (including phenoxy) is 1. The number of nitrogens with zero attached hydrogens (tertiary/aromatic N) is 1. The molecule has 0 atom stereocenters. The summed E-state index contributed by atoms with van der Waals surface area (Å²) in [5.74, 6) is 0. The maximum Gasteiger partial charge on any atom is 0.405 e. The molecule has 1 aliphatic heterocycles. The standard InChI is InChI=1S/C11H12ClNO.C5H11NO2/c12-10-4-3-9(8-14)11(7-10)13-5-1-2-6-13;1-5(2,3)8-4(6)7/h3-4,7-8H,1-2,5-6H2;1-3H3,(H2,6,7). The molecular weight excluding hydrogens is 304 g/mol. The number of anilines is 1. The summed E-state index contributed by atoms with van der Waals surface area (Å²) in [5, 5.41) is 0.692. The molecule has 122 valence electrons. The number of benzene rings is 1. The summed E-state index contributed by atoms with van der Waals surface area (Å²) in [6.07, 6.45) is 2.57. The zero-order chi connectivity index (χ0) is 16.8. The van der Waals surface area contributed by atoms with Gasteiger partial charge in [-0.1, -0.05) is 11.6 Å².